The molecule has 0 aliphatic carbocycles. The summed E-state index contributed by atoms with van der Waals surface area (Å²) in [6.45, 7) is 3.30. The molecule has 0 radical (unpaired) electrons. The van der Waals surface area contributed by atoms with Gasteiger partial charge in [-0.05, 0) is 43.5 Å². The van der Waals surface area contributed by atoms with Crippen LogP contribution in [0.5, 0.6) is 0 Å². The lowest BCUT2D eigenvalue weighted by atomic mass is 10.1. The van der Waals surface area contributed by atoms with Crippen molar-refractivity contribution in [3.8, 4) is 5.69 Å². The second-order valence-electron chi connectivity index (χ2n) is 4.91. The number of carbonyl (C=O) groups is 1. The molecule has 0 amide bonds. The van der Waals surface area contributed by atoms with Crippen molar-refractivity contribution < 1.29 is 15.0 Å². The highest BCUT2D eigenvalue weighted by atomic mass is 16.4. The van der Waals surface area contributed by atoms with Crippen molar-refractivity contribution >= 4 is 5.97 Å². The number of rotatable bonds is 4. The summed E-state index contributed by atoms with van der Waals surface area (Å²) >= 11 is 0. The number of aromatic carboxylic acids is 1. The number of pyridine rings is 1. The van der Waals surface area contributed by atoms with E-state index in [4.69, 9.17) is 5.11 Å². The molecule has 0 spiro atoms. The van der Waals surface area contributed by atoms with Gasteiger partial charge in [0.25, 0.3) is 5.56 Å². The van der Waals surface area contributed by atoms with Crippen molar-refractivity contribution in [3.05, 3.63) is 63.1 Å². The van der Waals surface area contributed by atoms with Crippen LogP contribution in [0, 0.1) is 13.8 Å². The van der Waals surface area contributed by atoms with E-state index in [-0.39, 0.29) is 17.7 Å². The highest BCUT2D eigenvalue weighted by molar-refractivity contribution is 5.90. The molecule has 2 aromatic rings. The molecule has 0 unspecified atom stereocenters. The van der Waals surface area contributed by atoms with Gasteiger partial charge in [-0.1, -0.05) is 12.1 Å². The van der Waals surface area contributed by atoms with Crippen molar-refractivity contribution in [2.75, 3.05) is 6.61 Å². The van der Waals surface area contributed by atoms with E-state index in [0.717, 1.165) is 5.56 Å². The van der Waals surface area contributed by atoms with Crippen LogP contribution in [0.15, 0.2) is 35.1 Å². The van der Waals surface area contributed by atoms with E-state index >= 15 is 0 Å². The first-order valence-electron chi connectivity index (χ1n) is 6.62. The number of hydrogen-bond donors (Lipinski definition) is 2. The molecule has 0 saturated heterocycles. The van der Waals surface area contributed by atoms with Crippen LogP contribution in [-0.2, 0) is 6.42 Å². The first-order valence-corrected chi connectivity index (χ1v) is 6.62. The number of hydrogen-bond acceptors (Lipinski definition) is 3. The quantitative estimate of drug-likeness (QED) is 0.896. The third-order valence-electron chi connectivity index (χ3n) is 3.46. The number of aromatic nitrogens is 1. The maximum atomic E-state index is 12.2. The van der Waals surface area contributed by atoms with Crippen LogP contribution >= 0.6 is 0 Å². The average Bonchev–Trinajstić information content (AvgIpc) is 2.40. The molecule has 0 aliphatic heterocycles. The summed E-state index contributed by atoms with van der Waals surface area (Å²) in [7, 11) is 0. The number of carboxylic acids is 1. The normalized spacial score (nSPS) is 10.6. The first-order chi connectivity index (χ1) is 9.95. The Balaban J connectivity index is 2.61. The maximum absolute atomic E-state index is 12.2. The lowest BCUT2D eigenvalue weighted by Gasteiger charge is -2.14. The Morgan fingerprint density at radius 3 is 2.33 bits per heavy atom. The van der Waals surface area contributed by atoms with Gasteiger partial charge in [0.05, 0.1) is 5.56 Å². The standard InChI is InChI=1S/C16H17NO4/c1-10-9-14(19)17(11(2)15(10)16(20)21)13-5-3-12(4-6-13)7-8-18/h3-6,9,18H,7-8H2,1-2H3,(H,20,21). The number of aliphatic hydroxyl groups is 1. The van der Waals surface area contributed by atoms with Gasteiger partial charge < -0.3 is 10.2 Å². The molecule has 5 heteroatoms. The highest BCUT2D eigenvalue weighted by Gasteiger charge is 2.16. The molecule has 1 aromatic carbocycles. The molecule has 1 heterocycles. The Labute approximate surface area is 122 Å². The van der Waals surface area contributed by atoms with Gasteiger partial charge in [0.1, 0.15) is 0 Å². The fourth-order valence-corrected chi connectivity index (χ4v) is 2.47. The summed E-state index contributed by atoms with van der Waals surface area (Å²) in [5.41, 5.74) is 2.32. The molecule has 2 rings (SSSR count). The van der Waals surface area contributed by atoms with Gasteiger partial charge in [-0.3, -0.25) is 9.36 Å². The van der Waals surface area contributed by atoms with Gasteiger partial charge in [-0.25, -0.2) is 4.79 Å². The van der Waals surface area contributed by atoms with Gasteiger partial charge in [0.15, 0.2) is 0 Å². The monoisotopic (exact) mass is 287 g/mol. The number of benzene rings is 1. The predicted molar refractivity (Wildman–Crippen MR) is 79.3 cm³/mol. The van der Waals surface area contributed by atoms with Gasteiger partial charge in [-0.2, -0.15) is 0 Å². The van der Waals surface area contributed by atoms with Gasteiger partial charge in [-0.15, -0.1) is 0 Å². The van der Waals surface area contributed by atoms with E-state index < -0.39 is 5.97 Å². The smallest absolute Gasteiger partial charge is 0.337 e. The average molecular weight is 287 g/mol. The van der Waals surface area contributed by atoms with Crippen LogP contribution in [0.25, 0.3) is 5.69 Å². The second-order valence-corrected chi connectivity index (χ2v) is 4.91. The maximum Gasteiger partial charge on any atom is 0.337 e. The van der Waals surface area contributed by atoms with Crippen LogP contribution < -0.4 is 5.56 Å². The molecule has 21 heavy (non-hydrogen) atoms. The zero-order valence-electron chi connectivity index (χ0n) is 12.0. The first kappa shape index (κ1) is 15.0. The number of aryl methyl sites for hydroxylation is 1. The second kappa shape index (κ2) is 5.93. The van der Waals surface area contributed by atoms with Gasteiger partial charge in [0.2, 0.25) is 0 Å². The van der Waals surface area contributed by atoms with Crippen molar-refractivity contribution in [3.63, 3.8) is 0 Å². The third-order valence-corrected chi connectivity index (χ3v) is 3.46. The Hall–Kier alpha value is -2.40. The van der Waals surface area contributed by atoms with E-state index in [1.165, 1.54) is 10.6 Å². The highest BCUT2D eigenvalue weighted by Crippen LogP contribution is 2.16. The van der Waals surface area contributed by atoms with E-state index in [1.54, 1.807) is 26.0 Å². The molecule has 110 valence electrons. The SMILES string of the molecule is Cc1cc(=O)n(-c2ccc(CCO)cc2)c(C)c1C(=O)O. The number of aliphatic hydroxyl groups excluding tert-OH is 1. The molecule has 1 aromatic heterocycles. The minimum Gasteiger partial charge on any atom is -0.478 e. The van der Waals surface area contributed by atoms with Crippen molar-refractivity contribution in [2.45, 2.75) is 20.3 Å². The lowest BCUT2D eigenvalue weighted by Crippen LogP contribution is -2.24. The van der Waals surface area contributed by atoms with E-state index in [1.807, 2.05) is 12.1 Å². The summed E-state index contributed by atoms with van der Waals surface area (Å²) in [5.74, 6) is -1.05. The minimum absolute atomic E-state index is 0.0615. The lowest BCUT2D eigenvalue weighted by molar-refractivity contribution is 0.0694. The zero-order chi connectivity index (χ0) is 15.6. The van der Waals surface area contributed by atoms with Crippen molar-refractivity contribution in [1.82, 2.24) is 4.57 Å². The molecular weight excluding hydrogens is 270 g/mol. The Kier molecular flexibility index (Phi) is 4.23. The molecule has 5 nitrogen and oxygen atoms in total. The Bertz CT molecular complexity index is 729. The van der Waals surface area contributed by atoms with E-state index in [0.29, 0.717) is 23.4 Å². The van der Waals surface area contributed by atoms with Crippen LogP contribution in [-0.4, -0.2) is 27.4 Å². The van der Waals surface area contributed by atoms with Gasteiger partial charge >= 0.3 is 5.97 Å². The van der Waals surface area contributed by atoms with Crippen molar-refractivity contribution in [2.24, 2.45) is 0 Å². The summed E-state index contributed by atoms with van der Waals surface area (Å²) < 4.78 is 1.39. The van der Waals surface area contributed by atoms with E-state index in [2.05, 4.69) is 0 Å². The number of nitrogens with zero attached hydrogens (tertiary/aromatic N) is 1. The predicted octanol–water partition coefficient (Wildman–Crippen LogP) is 1.69. The summed E-state index contributed by atoms with van der Waals surface area (Å²) in [6.07, 6.45) is 0.544. The molecule has 0 aliphatic rings. The minimum atomic E-state index is -1.05. The Morgan fingerprint density at radius 1 is 1.19 bits per heavy atom. The van der Waals surface area contributed by atoms with E-state index in [9.17, 15) is 14.7 Å². The third kappa shape index (κ3) is 2.87. The van der Waals surface area contributed by atoms with Crippen LogP contribution in [0.3, 0.4) is 0 Å². The molecule has 0 bridgehead atoms. The molecule has 0 atom stereocenters. The fraction of sp³-hybridized carbons (Fsp3) is 0.250. The van der Waals surface area contributed by atoms with Crippen LogP contribution in [0.1, 0.15) is 27.2 Å². The largest absolute Gasteiger partial charge is 0.478 e. The molecule has 0 fully saturated rings. The van der Waals surface area contributed by atoms with Gasteiger partial charge in [0, 0.05) is 24.1 Å². The molecule has 0 saturated carbocycles. The summed E-state index contributed by atoms with van der Waals surface area (Å²) in [5, 5.41) is 18.2. The molecule has 2 N–H and O–H groups in total. The summed E-state index contributed by atoms with van der Waals surface area (Å²) in [6, 6.07) is 8.47. The fourth-order valence-electron chi connectivity index (χ4n) is 2.47. The summed E-state index contributed by atoms with van der Waals surface area (Å²) in [4.78, 5) is 23.5. The Morgan fingerprint density at radius 2 is 1.81 bits per heavy atom. The van der Waals surface area contributed by atoms with Crippen molar-refractivity contribution in [1.29, 1.82) is 0 Å². The van der Waals surface area contributed by atoms with Crippen LogP contribution in [0.4, 0.5) is 0 Å². The topological polar surface area (TPSA) is 79.5 Å². The van der Waals surface area contributed by atoms with Crippen LogP contribution in [0.2, 0.25) is 0 Å². The number of carboxylic acid groups (broad SMARTS) is 1. The zero-order valence-corrected chi connectivity index (χ0v) is 12.0. The molecular formula is C16H17NO4.